The van der Waals surface area contributed by atoms with Gasteiger partial charge in [0, 0.05) is 23.5 Å². The molecule has 2 aliphatic carbocycles. The van der Waals surface area contributed by atoms with Gasteiger partial charge in [0.15, 0.2) is 5.69 Å². The normalized spacial score (nSPS) is 21.5. The Morgan fingerprint density at radius 1 is 1.17 bits per heavy atom. The number of benzene rings is 1. The zero-order valence-electron chi connectivity index (χ0n) is 16.4. The van der Waals surface area contributed by atoms with Gasteiger partial charge in [0.1, 0.15) is 24.1 Å². The molecule has 0 amide bonds. The number of halogens is 1. The third-order valence-electron chi connectivity index (χ3n) is 6.26. The molecule has 1 aromatic carbocycles. The lowest BCUT2D eigenvalue weighted by Crippen LogP contribution is -2.14. The van der Waals surface area contributed by atoms with Crippen molar-refractivity contribution >= 4 is 27.6 Å². The monoisotopic (exact) mass is 401 g/mol. The van der Waals surface area contributed by atoms with E-state index in [1.165, 1.54) is 12.8 Å². The predicted octanol–water partition coefficient (Wildman–Crippen LogP) is 4.72. The molecule has 0 spiro atoms. The molecule has 0 aliphatic heterocycles. The molecule has 30 heavy (non-hydrogen) atoms. The Morgan fingerprint density at radius 3 is 2.83 bits per heavy atom. The van der Waals surface area contributed by atoms with Crippen LogP contribution in [-0.2, 0) is 6.54 Å². The zero-order valence-corrected chi connectivity index (χ0v) is 16.4. The summed E-state index contributed by atoms with van der Waals surface area (Å²) in [4.78, 5) is 13.0. The van der Waals surface area contributed by atoms with E-state index in [-0.39, 0.29) is 6.04 Å². The van der Waals surface area contributed by atoms with Gasteiger partial charge in [-0.1, -0.05) is 11.3 Å². The second-order valence-electron chi connectivity index (χ2n) is 8.38. The van der Waals surface area contributed by atoms with E-state index in [9.17, 15) is 4.39 Å². The summed E-state index contributed by atoms with van der Waals surface area (Å²) in [5.74, 6) is 1.37. The van der Waals surface area contributed by atoms with Crippen LogP contribution >= 0.6 is 0 Å². The van der Waals surface area contributed by atoms with Gasteiger partial charge in [-0.3, -0.25) is 4.98 Å². The summed E-state index contributed by atoms with van der Waals surface area (Å²) in [7, 11) is 0. The molecule has 4 aromatic rings. The van der Waals surface area contributed by atoms with Gasteiger partial charge in [-0.05, 0) is 44.2 Å². The first kappa shape index (κ1) is 17.5. The average Bonchev–Trinajstić information content (AvgIpc) is 3.17. The molecule has 0 saturated heterocycles. The molecule has 7 nitrogen and oxygen atoms in total. The third-order valence-corrected chi connectivity index (χ3v) is 6.26. The van der Waals surface area contributed by atoms with Crippen LogP contribution in [0.1, 0.15) is 55.6 Å². The quantitative estimate of drug-likeness (QED) is 0.464. The maximum Gasteiger partial charge on any atom is 0.188 e. The van der Waals surface area contributed by atoms with E-state index in [0.29, 0.717) is 31.0 Å². The van der Waals surface area contributed by atoms with Gasteiger partial charge < -0.3 is 4.57 Å². The summed E-state index contributed by atoms with van der Waals surface area (Å²) in [6.45, 7) is 7.86. The Kier molecular flexibility index (Phi) is 3.85. The fraction of sp³-hybridized carbons (Fsp3) is 0.409. The maximum atomic E-state index is 14.1. The van der Waals surface area contributed by atoms with Crippen LogP contribution in [0, 0.1) is 6.57 Å². The molecule has 2 fully saturated rings. The van der Waals surface area contributed by atoms with Gasteiger partial charge in [0.25, 0.3) is 0 Å². The largest absolute Gasteiger partial charge is 0.323 e. The van der Waals surface area contributed by atoms with Crippen LogP contribution in [-0.4, -0.2) is 35.7 Å². The molecule has 0 bridgehead atoms. The highest BCUT2D eigenvalue weighted by Crippen LogP contribution is 2.39. The van der Waals surface area contributed by atoms with Crippen molar-refractivity contribution in [2.45, 2.75) is 56.8 Å². The minimum atomic E-state index is -0.792. The van der Waals surface area contributed by atoms with Gasteiger partial charge in [-0.2, -0.15) is 0 Å². The number of nitrogens with zero attached hydrogens (tertiary/aromatic N) is 7. The molecular formula is C22H20FN7. The Morgan fingerprint density at radius 2 is 2.07 bits per heavy atom. The van der Waals surface area contributed by atoms with Crippen molar-refractivity contribution in [1.29, 1.82) is 0 Å². The average molecular weight is 401 g/mol. The maximum absolute atomic E-state index is 14.1. The van der Waals surface area contributed by atoms with E-state index < -0.39 is 6.17 Å². The molecular weight excluding hydrogens is 381 g/mol. The lowest BCUT2D eigenvalue weighted by Gasteiger charge is -2.17. The predicted molar refractivity (Wildman–Crippen MR) is 110 cm³/mol. The van der Waals surface area contributed by atoms with Crippen LogP contribution in [0.15, 0.2) is 30.6 Å². The fourth-order valence-corrected chi connectivity index (χ4v) is 4.63. The molecule has 6 rings (SSSR count). The number of hydrogen-bond donors (Lipinski definition) is 0. The molecule has 2 unspecified atom stereocenters. The van der Waals surface area contributed by atoms with E-state index in [1.54, 1.807) is 12.3 Å². The number of pyridine rings is 1. The van der Waals surface area contributed by atoms with Gasteiger partial charge in [0.05, 0.1) is 29.5 Å². The highest BCUT2D eigenvalue weighted by molar-refractivity contribution is 6.03. The van der Waals surface area contributed by atoms with Gasteiger partial charge in [-0.25, -0.2) is 18.9 Å². The first-order valence-corrected chi connectivity index (χ1v) is 10.4. The van der Waals surface area contributed by atoms with Crippen LogP contribution in [0.3, 0.4) is 0 Å². The summed E-state index contributed by atoms with van der Waals surface area (Å²) >= 11 is 0. The minimum absolute atomic E-state index is 0.0358. The number of aromatic nitrogens is 6. The second-order valence-corrected chi connectivity index (χ2v) is 8.38. The molecule has 2 aliphatic rings. The van der Waals surface area contributed by atoms with Crippen molar-refractivity contribution in [2.24, 2.45) is 0 Å². The molecule has 8 heteroatoms. The van der Waals surface area contributed by atoms with Gasteiger partial charge in [0.2, 0.25) is 0 Å². The smallest absolute Gasteiger partial charge is 0.188 e. The summed E-state index contributed by atoms with van der Waals surface area (Å²) in [6.07, 6.45) is 7.16. The number of rotatable bonds is 4. The van der Waals surface area contributed by atoms with E-state index in [1.807, 2.05) is 23.0 Å². The van der Waals surface area contributed by atoms with Crippen LogP contribution in [0.25, 0.3) is 26.8 Å². The minimum Gasteiger partial charge on any atom is -0.323 e. The van der Waals surface area contributed by atoms with Gasteiger partial charge in [-0.15, -0.1) is 5.10 Å². The fourth-order valence-electron chi connectivity index (χ4n) is 4.63. The summed E-state index contributed by atoms with van der Waals surface area (Å²) < 4.78 is 18.1. The summed E-state index contributed by atoms with van der Waals surface area (Å²) in [6, 6.07) is 5.54. The number of fused-ring (bicyclic) bond motifs is 3. The van der Waals surface area contributed by atoms with Crippen LogP contribution < -0.4 is 0 Å². The lowest BCUT2D eigenvalue weighted by molar-refractivity contribution is 0.330. The summed E-state index contributed by atoms with van der Waals surface area (Å²) in [5, 5.41) is 9.50. The first-order chi connectivity index (χ1) is 14.7. The molecule has 3 heterocycles. The number of imidazole rings is 1. The van der Waals surface area contributed by atoms with E-state index in [2.05, 4.69) is 24.7 Å². The van der Waals surface area contributed by atoms with E-state index in [0.717, 1.165) is 39.9 Å². The SMILES string of the molecule is [C-]#[N+]c1ccc2ncc3nc(Cn4cc(C5CC5)nn4)n(C4CCC(F)C4)c3c2c1. The van der Waals surface area contributed by atoms with Crippen molar-refractivity contribution in [3.05, 3.63) is 53.5 Å². The Hall–Kier alpha value is -3.34. The highest BCUT2D eigenvalue weighted by atomic mass is 19.1. The molecule has 0 N–H and O–H groups in total. The molecule has 0 radical (unpaired) electrons. The molecule has 3 aromatic heterocycles. The topological polar surface area (TPSA) is 65.8 Å². The zero-order chi connectivity index (χ0) is 20.2. The Balaban J connectivity index is 1.53. The summed E-state index contributed by atoms with van der Waals surface area (Å²) in [5.41, 5.74) is 4.11. The molecule has 150 valence electrons. The van der Waals surface area contributed by atoms with E-state index >= 15 is 0 Å². The van der Waals surface area contributed by atoms with Crippen LogP contribution in [0.5, 0.6) is 0 Å². The lowest BCUT2D eigenvalue weighted by atomic mass is 10.1. The Bertz CT molecular complexity index is 1310. The van der Waals surface area contributed by atoms with Crippen molar-refractivity contribution in [3.63, 3.8) is 0 Å². The standard InChI is InChI=1S/C22H20FN7/c1-24-15-5-7-18-17(9-15)22-19(10-25-18)26-21(30(22)16-6-4-14(23)8-16)12-29-11-20(27-28-29)13-2-3-13/h5,7,9-11,13-14,16H,2-4,6,8,12H2. The number of alkyl halides is 1. The van der Waals surface area contributed by atoms with E-state index in [4.69, 9.17) is 11.6 Å². The Labute approximate surface area is 172 Å². The molecule has 2 atom stereocenters. The van der Waals surface area contributed by atoms with Crippen molar-refractivity contribution in [2.75, 3.05) is 0 Å². The highest BCUT2D eigenvalue weighted by Gasteiger charge is 2.30. The van der Waals surface area contributed by atoms with Crippen molar-refractivity contribution in [1.82, 2.24) is 29.5 Å². The van der Waals surface area contributed by atoms with Gasteiger partial charge >= 0.3 is 0 Å². The molecule has 2 saturated carbocycles. The van der Waals surface area contributed by atoms with Crippen molar-refractivity contribution < 1.29 is 4.39 Å². The van der Waals surface area contributed by atoms with Crippen LogP contribution in [0.4, 0.5) is 10.1 Å². The first-order valence-electron chi connectivity index (χ1n) is 10.4. The van der Waals surface area contributed by atoms with Crippen LogP contribution in [0.2, 0.25) is 0 Å². The third kappa shape index (κ3) is 2.84. The second kappa shape index (κ2) is 6.59. The number of hydrogen-bond acceptors (Lipinski definition) is 4. The van der Waals surface area contributed by atoms with Crippen molar-refractivity contribution in [3.8, 4) is 0 Å².